The van der Waals surface area contributed by atoms with Crippen molar-refractivity contribution in [3.05, 3.63) is 77.9 Å². The topological polar surface area (TPSA) is 28.4 Å². The van der Waals surface area contributed by atoms with E-state index in [-0.39, 0.29) is 5.41 Å². The monoisotopic (exact) mass is 518 g/mol. The van der Waals surface area contributed by atoms with E-state index in [0.29, 0.717) is 12.3 Å². The summed E-state index contributed by atoms with van der Waals surface area (Å²) in [5.41, 5.74) is 4.17. The minimum atomic E-state index is -0.826. The van der Waals surface area contributed by atoms with E-state index in [9.17, 15) is 5.11 Å². The van der Waals surface area contributed by atoms with E-state index in [1.54, 1.807) is 0 Å². The number of nitrogens with zero attached hydrogens (tertiary/aromatic N) is 2. The number of rotatable bonds is 3. The summed E-state index contributed by atoms with van der Waals surface area (Å²) in [4.78, 5) is 0. The molecule has 0 saturated heterocycles. The van der Waals surface area contributed by atoms with Crippen LogP contribution in [-0.4, -0.2) is 16.8 Å². The number of halogens is 2. The maximum atomic E-state index is 10.9. The molecule has 0 bridgehead atoms. The number of para-hydroxylation sites is 3. The predicted molar refractivity (Wildman–Crippen MR) is 126 cm³/mol. The van der Waals surface area contributed by atoms with Crippen LogP contribution in [0.5, 0.6) is 5.75 Å². The Morgan fingerprint density at radius 1 is 0.867 bits per heavy atom. The van der Waals surface area contributed by atoms with Gasteiger partial charge in [0.05, 0.1) is 17.6 Å². The molecule has 0 aliphatic rings. The van der Waals surface area contributed by atoms with Crippen molar-refractivity contribution in [2.24, 2.45) is 0 Å². The van der Waals surface area contributed by atoms with Crippen molar-refractivity contribution in [3.63, 3.8) is 0 Å². The third-order valence-electron chi connectivity index (χ3n) is 5.22. The number of benzene rings is 3. The molecule has 0 saturated carbocycles. The van der Waals surface area contributed by atoms with Gasteiger partial charge in [0.25, 0.3) is 0 Å². The SMILES string of the molecule is CN(Cc1cccc(C(C)(C)C)c1O)n1c2ccccc2c2ccccc21.[Cl][Zr][Cl]. The van der Waals surface area contributed by atoms with Gasteiger partial charge < -0.3 is 10.1 Å². The molecule has 30 heavy (non-hydrogen) atoms. The van der Waals surface area contributed by atoms with E-state index in [0.717, 1.165) is 11.1 Å². The van der Waals surface area contributed by atoms with Crippen LogP contribution in [0.3, 0.4) is 0 Å². The maximum absolute atomic E-state index is 10.9. The van der Waals surface area contributed by atoms with Crippen molar-refractivity contribution in [2.45, 2.75) is 32.7 Å². The molecule has 0 spiro atoms. The second-order valence-electron chi connectivity index (χ2n) is 8.30. The Hall–Kier alpha value is -1.48. The molecule has 0 amide bonds. The summed E-state index contributed by atoms with van der Waals surface area (Å²) in [6.45, 7) is 7.01. The first-order valence-electron chi connectivity index (χ1n) is 9.76. The van der Waals surface area contributed by atoms with Crippen molar-refractivity contribution < 1.29 is 26.0 Å². The average Bonchev–Trinajstić information content (AvgIpc) is 3.04. The van der Waals surface area contributed by atoms with Crippen LogP contribution in [0, 0.1) is 0 Å². The molecule has 3 aromatic carbocycles. The normalized spacial score (nSPS) is 11.3. The third kappa shape index (κ3) is 4.72. The number of aromatic hydroxyl groups is 1. The summed E-state index contributed by atoms with van der Waals surface area (Å²) < 4.78 is 2.24. The number of hydrogen-bond acceptors (Lipinski definition) is 2. The zero-order valence-electron chi connectivity index (χ0n) is 17.7. The zero-order chi connectivity index (χ0) is 21.9. The molecule has 0 fully saturated rings. The van der Waals surface area contributed by atoms with Crippen LogP contribution in [0.15, 0.2) is 66.7 Å². The van der Waals surface area contributed by atoms with Gasteiger partial charge in [-0.25, -0.2) is 0 Å². The Morgan fingerprint density at radius 3 is 1.87 bits per heavy atom. The fraction of sp³-hybridized carbons (Fsp3) is 0.250. The van der Waals surface area contributed by atoms with E-state index in [1.807, 2.05) is 18.2 Å². The minimum absolute atomic E-state index is 0.0918. The molecule has 0 unspecified atom stereocenters. The first-order chi connectivity index (χ1) is 14.3. The molecular formula is C24H26Cl2N2OZr. The van der Waals surface area contributed by atoms with Crippen LogP contribution in [0.4, 0.5) is 0 Å². The molecule has 156 valence electrons. The first-order valence-corrected chi connectivity index (χ1v) is 16.1. The number of phenols is 1. The van der Waals surface area contributed by atoms with E-state index in [1.165, 1.54) is 21.8 Å². The van der Waals surface area contributed by atoms with Gasteiger partial charge in [0, 0.05) is 23.4 Å². The van der Waals surface area contributed by atoms with Gasteiger partial charge in [0.2, 0.25) is 0 Å². The summed E-state index contributed by atoms with van der Waals surface area (Å²) in [7, 11) is 11.9. The molecule has 6 heteroatoms. The molecule has 3 nitrogen and oxygen atoms in total. The Balaban J connectivity index is 0.000000806. The van der Waals surface area contributed by atoms with Crippen molar-refractivity contribution in [2.75, 3.05) is 12.1 Å². The summed E-state index contributed by atoms with van der Waals surface area (Å²) in [6.07, 6.45) is 0. The molecule has 4 rings (SSSR count). The van der Waals surface area contributed by atoms with Crippen molar-refractivity contribution in [3.8, 4) is 5.75 Å². The first kappa shape index (κ1) is 23.2. The number of hydrogen-bond donors (Lipinski definition) is 1. The Bertz CT molecular complexity index is 1100. The molecule has 0 aliphatic heterocycles. The average molecular weight is 521 g/mol. The van der Waals surface area contributed by atoms with E-state index in [4.69, 9.17) is 17.0 Å². The van der Waals surface area contributed by atoms with Gasteiger partial charge in [0.1, 0.15) is 5.75 Å². The number of aromatic nitrogens is 1. The zero-order valence-corrected chi connectivity index (χ0v) is 21.6. The molecular weight excluding hydrogens is 494 g/mol. The van der Waals surface area contributed by atoms with E-state index < -0.39 is 20.8 Å². The molecule has 1 heterocycles. The molecule has 1 aromatic heterocycles. The van der Waals surface area contributed by atoms with Gasteiger partial charge in [-0.15, -0.1) is 0 Å². The van der Waals surface area contributed by atoms with Crippen LogP contribution in [0.25, 0.3) is 21.8 Å². The van der Waals surface area contributed by atoms with Crippen molar-refractivity contribution >= 4 is 38.8 Å². The van der Waals surface area contributed by atoms with Gasteiger partial charge in [-0.2, -0.15) is 0 Å². The van der Waals surface area contributed by atoms with Gasteiger partial charge in [0.15, 0.2) is 0 Å². The molecule has 0 atom stereocenters. The second kappa shape index (κ2) is 9.77. The second-order valence-corrected chi connectivity index (χ2v) is 12.0. The van der Waals surface area contributed by atoms with Gasteiger partial charge in [-0.3, -0.25) is 4.68 Å². The molecule has 0 radical (unpaired) electrons. The fourth-order valence-electron chi connectivity index (χ4n) is 3.91. The fourth-order valence-corrected chi connectivity index (χ4v) is 3.91. The Morgan fingerprint density at radius 2 is 1.37 bits per heavy atom. The summed E-state index contributed by atoms with van der Waals surface area (Å²) >= 11 is -0.826. The summed E-state index contributed by atoms with van der Waals surface area (Å²) in [5.74, 6) is 0.401. The number of phenolic OH excluding ortho intramolecular Hbond substituents is 1. The van der Waals surface area contributed by atoms with Gasteiger partial charge in [-0.1, -0.05) is 75.4 Å². The Kier molecular flexibility index (Phi) is 7.55. The predicted octanol–water partition coefficient (Wildman–Crippen LogP) is 6.94. The van der Waals surface area contributed by atoms with Crippen LogP contribution in [-0.2, 0) is 32.8 Å². The van der Waals surface area contributed by atoms with Crippen LogP contribution < -0.4 is 5.01 Å². The quantitative estimate of drug-likeness (QED) is 0.317. The summed E-state index contributed by atoms with van der Waals surface area (Å²) in [6, 6.07) is 23.0. The van der Waals surface area contributed by atoms with Crippen LogP contribution >= 0.6 is 17.0 Å². The van der Waals surface area contributed by atoms with Crippen molar-refractivity contribution in [1.82, 2.24) is 4.68 Å². The Labute approximate surface area is 196 Å². The van der Waals surface area contributed by atoms with E-state index in [2.05, 4.69) is 86.0 Å². The van der Waals surface area contributed by atoms with Gasteiger partial charge >= 0.3 is 37.9 Å². The van der Waals surface area contributed by atoms with E-state index >= 15 is 0 Å². The number of fused-ring (bicyclic) bond motifs is 3. The standard InChI is InChI=1S/C24H26N2O.2ClH.Zr/c1-24(2,3)20-13-9-10-17(23(20)27)16-25(4)26-21-14-7-5-11-18(21)19-12-6-8-15-22(19)26;;;/h5-15,27H,16H2,1-4H3;2*1H;/q;;;+2/p-2. The molecule has 0 aliphatic carbocycles. The van der Waals surface area contributed by atoms with Crippen LogP contribution in [0.1, 0.15) is 31.9 Å². The molecule has 1 N–H and O–H groups in total. The van der Waals surface area contributed by atoms with Gasteiger partial charge in [-0.05, 0) is 23.1 Å². The summed E-state index contributed by atoms with van der Waals surface area (Å²) in [5, 5.41) is 15.5. The van der Waals surface area contributed by atoms with Crippen molar-refractivity contribution in [1.29, 1.82) is 0 Å². The van der Waals surface area contributed by atoms with Crippen LogP contribution in [0.2, 0.25) is 0 Å². The molecule has 4 aromatic rings. The third-order valence-corrected chi connectivity index (χ3v) is 5.22.